The van der Waals surface area contributed by atoms with Crippen LogP contribution in [0.25, 0.3) is 0 Å². The van der Waals surface area contributed by atoms with Crippen LogP contribution >= 0.6 is 0 Å². The van der Waals surface area contributed by atoms with Gasteiger partial charge in [0.25, 0.3) is 0 Å². The molecule has 1 aliphatic rings. The van der Waals surface area contributed by atoms with Crippen LogP contribution in [0.2, 0.25) is 0 Å². The molecular weight excluding hydrogens is 186 g/mol. The standard InChI is InChI=1S/C13H27NO/c1-4-13(15,5-2)10-14-12-8-6-11(3)7-9-12/h11-12,14-15H,4-10H2,1-3H3. The molecule has 0 aromatic rings. The van der Waals surface area contributed by atoms with E-state index in [0.29, 0.717) is 6.04 Å². The highest BCUT2D eigenvalue weighted by Crippen LogP contribution is 2.24. The Hall–Kier alpha value is -0.0800. The summed E-state index contributed by atoms with van der Waals surface area (Å²) in [5.41, 5.74) is -0.483. The van der Waals surface area contributed by atoms with Crippen LogP contribution in [0, 0.1) is 5.92 Å². The van der Waals surface area contributed by atoms with Crippen LogP contribution in [0.15, 0.2) is 0 Å². The minimum Gasteiger partial charge on any atom is -0.389 e. The molecule has 2 N–H and O–H groups in total. The Balaban J connectivity index is 2.24. The second-order valence-corrected chi connectivity index (χ2v) is 5.27. The summed E-state index contributed by atoms with van der Waals surface area (Å²) in [5, 5.41) is 13.7. The molecular formula is C13H27NO. The molecule has 1 fully saturated rings. The van der Waals surface area contributed by atoms with Gasteiger partial charge in [0.1, 0.15) is 0 Å². The van der Waals surface area contributed by atoms with Gasteiger partial charge in [-0.05, 0) is 44.4 Å². The number of hydrogen-bond donors (Lipinski definition) is 2. The molecule has 1 saturated carbocycles. The van der Waals surface area contributed by atoms with Crippen molar-refractivity contribution in [1.29, 1.82) is 0 Å². The van der Waals surface area contributed by atoms with Crippen LogP contribution in [0.5, 0.6) is 0 Å². The highest BCUT2D eigenvalue weighted by Gasteiger charge is 2.24. The molecule has 0 amide bonds. The smallest absolute Gasteiger partial charge is 0.0766 e. The zero-order chi connectivity index (χ0) is 11.3. The predicted octanol–water partition coefficient (Wildman–Crippen LogP) is 2.71. The van der Waals surface area contributed by atoms with Gasteiger partial charge < -0.3 is 10.4 Å². The largest absolute Gasteiger partial charge is 0.389 e. The van der Waals surface area contributed by atoms with E-state index >= 15 is 0 Å². The Kier molecular flexibility index (Phi) is 5.07. The Labute approximate surface area is 94.5 Å². The normalized spacial score (nSPS) is 28.0. The molecule has 0 radical (unpaired) electrons. The molecule has 1 aliphatic carbocycles. The lowest BCUT2D eigenvalue weighted by atomic mass is 9.87. The summed E-state index contributed by atoms with van der Waals surface area (Å²) < 4.78 is 0. The van der Waals surface area contributed by atoms with Crippen LogP contribution in [-0.2, 0) is 0 Å². The van der Waals surface area contributed by atoms with Crippen LogP contribution in [-0.4, -0.2) is 23.3 Å². The molecule has 0 saturated heterocycles. The lowest BCUT2D eigenvalue weighted by Crippen LogP contribution is -2.44. The maximum absolute atomic E-state index is 10.1. The first-order valence-corrected chi connectivity index (χ1v) is 6.55. The van der Waals surface area contributed by atoms with Gasteiger partial charge in [-0.3, -0.25) is 0 Å². The lowest BCUT2D eigenvalue weighted by Gasteiger charge is -2.32. The molecule has 0 aromatic heterocycles. The van der Waals surface area contributed by atoms with Crippen LogP contribution in [0.1, 0.15) is 59.3 Å². The van der Waals surface area contributed by atoms with Gasteiger partial charge in [0, 0.05) is 12.6 Å². The van der Waals surface area contributed by atoms with Crippen molar-refractivity contribution in [2.45, 2.75) is 70.9 Å². The van der Waals surface area contributed by atoms with E-state index in [1.165, 1.54) is 25.7 Å². The van der Waals surface area contributed by atoms with Crippen LogP contribution in [0.3, 0.4) is 0 Å². The first-order chi connectivity index (χ1) is 7.09. The number of rotatable bonds is 5. The van der Waals surface area contributed by atoms with E-state index in [1.807, 2.05) is 0 Å². The molecule has 2 heteroatoms. The summed E-state index contributed by atoms with van der Waals surface area (Å²) in [5.74, 6) is 0.902. The molecule has 0 bridgehead atoms. The SMILES string of the molecule is CCC(O)(CC)CNC1CCC(C)CC1. The van der Waals surface area contributed by atoms with E-state index in [4.69, 9.17) is 0 Å². The lowest BCUT2D eigenvalue weighted by molar-refractivity contribution is 0.0281. The van der Waals surface area contributed by atoms with Crippen molar-refractivity contribution in [2.75, 3.05) is 6.54 Å². The summed E-state index contributed by atoms with van der Waals surface area (Å²) in [6.45, 7) is 7.23. The van der Waals surface area contributed by atoms with Crippen LogP contribution < -0.4 is 5.32 Å². The zero-order valence-electron chi connectivity index (χ0n) is 10.6. The molecule has 0 aromatic carbocycles. The molecule has 0 aliphatic heterocycles. The third kappa shape index (κ3) is 4.12. The summed E-state index contributed by atoms with van der Waals surface area (Å²) in [4.78, 5) is 0. The van der Waals surface area contributed by atoms with E-state index in [2.05, 4.69) is 26.1 Å². The molecule has 0 unspecified atom stereocenters. The maximum atomic E-state index is 10.1. The molecule has 1 rings (SSSR count). The molecule has 2 nitrogen and oxygen atoms in total. The maximum Gasteiger partial charge on any atom is 0.0766 e. The third-order valence-electron chi connectivity index (χ3n) is 4.05. The van der Waals surface area contributed by atoms with Gasteiger partial charge in [0.05, 0.1) is 5.60 Å². The van der Waals surface area contributed by atoms with Gasteiger partial charge in [0.2, 0.25) is 0 Å². The highest BCUT2D eigenvalue weighted by atomic mass is 16.3. The first-order valence-electron chi connectivity index (χ1n) is 6.55. The Bertz CT molecular complexity index is 169. The van der Waals surface area contributed by atoms with E-state index in [-0.39, 0.29) is 0 Å². The van der Waals surface area contributed by atoms with Crippen molar-refractivity contribution in [3.63, 3.8) is 0 Å². The average molecular weight is 213 g/mol. The third-order valence-corrected chi connectivity index (χ3v) is 4.05. The Morgan fingerprint density at radius 2 is 1.67 bits per heavy atom. The predicted molar refractivity (Wildman–Crippen MR) is 65.0 cm³/mol. The summed E-state index contributed by atoms with van der Waals surface area (Å²) in [6.07, 6.45) is 6.94. The highest BCUT2D eigenvalue weighted by molar-refractivity contribution is 4.82. The first kappa shape index (κ1) is 13.0. The van der Waals surface area contributed by atoms with Crippen molar-refractivity contribution in [3.8, 4) is 0 Å². The molecule has 15 heavy (non-hydrogen) atoms. The summed E-state index contributed by atoms with van der Waals surface area (Å²) >= 11 is 0. The van der Waals surface area contributed by atoms with E-state index in [1.54, 1.807) is 0 Å². The van der Waals surface area contributed by atoms with Gasteiger partial charge in [0.15, 0.2) is 0 Å². The fraction of sp³-hybridized carbons (Fsp3) is 1.00. The number of hydrogen-bond acceptors (Lipinski definition) is 2. The van der Waals surface area contributed by atoms with E-state index in [0.717, 1.165) is 25.3 Å². The van der Waals surface area contributed by atoms with Crippen molar-refractivity contribution < 1.29 is 5.11 Å². The van der Waals surface area contributed by atoms with Crippen molar-refractivity contribution in [2.24, 2.45) is 5.92 Å². The van der Waals surface area contributed by atoms with Crippen molar-refractivity contribution in [1.82, 2.24) is 5.32 Å². The number of nitrogens with one attached hydrogen (secondary N) is 1. The summed E-state index contributed by atoms with van der Waals surface area (Å²) in [7, 11) is 0. The second kappa shape index (κ2) is 5.86. The minimum absolute atomic E-state index is 0.483. The fourth-order valence-electron chi connectivity index (χ4n) is 2.30. The van der Waals surface area contributed by atoms with Gasteiger partial charge in [-0.25, -0.2) is 0 Å². The van der Waals surface area contributed by atoms with Crippen molar-refractivity contribution in [3.05, 3.63) is 0 Å². The second-order valence-electron chi connectivity index (χ2n) is 5.27. The topological polar surface area (TPSA) is 32.3 Å². The Morgan fingerprint density at radius 3 is 2.13 bits per heavy atom. The number of aliphatic hydroxyl groups is 1. The molecule has 0 atom stereocenters. The zero-order valence-corrected chi connectivity index (χ0v) is 10.6. The van der Waals surface area contributed by atoms with E-state index < -0.39 is 5.60 Å². The van der Waals surface area contributed by atoms with Crippen molar-refractivity contribution >= 4 is 0 Å². The monoisotopic (exact) mass is 213 g/mol. The average Bonchev–Trinajstić information content (AvgIpc) is 2.28. The quantitative estimate of drug-likeness (QED) is 0.736. The van der Waals surface area contributed by atoms with Gasteiger partial charge in [-0.1, -0.05) is 20.8 Å². The molecule has 0 spiro atoms. The fourth-order valence-corrected chi connectivity index (χ4v) is 2.30. The van der Waals surface area contributed by atoms with Crippen LogP contribution in [0.4, 0.5) is 0 Å². The Morgan fingerprint density at radius 1 is 1.13 bits per heavy atom. The molecule has 90 valence electrons. The minimum atomic E-state index is -0.483. The van der Waals surface area contributed by atoms with Gasteiger partial charge >= 0.3 is 0 Å². The van der Waals surface area contributed by atoms with Gasteiger partial charge in [-0.2, -0.15) is 0 Å². The van der Waals surface area contributed by atoms with E-state index in [9.17, 15) is 5.11 Å². The van der Waals surface area contributed by atoms with Gasteiger partial charge in [-0.15, -0.1) is 0 Å². The summed E-state index contributed by atoms with van der Waals surface area (Å²) in [6, 6.07) is 0.644. The molecule has 0 heterocycles.